The molecule has 1 atom stereocenters. The van der Waals surface area contributed by atoms with E-state index in [1.54, 1.807) is 21.3 Å². The first-order valence-corrected chi connectivity index (χ1v) is 8.35. The molecule has 0 spiro atoms. The smallest absolute Gasteiger partial charge is 0.241 e. The summed E-state index contributed by atoms with van der Waals surface area (Å²) in [5.41, 5.74) is 1.60. The van der Waals surface area contributed by atoms with Crippen LogP contribution in [0.5, 0.6) is 17.2 Å². The van der Waals surface area contributed by atoms with Crippen LogP contribution in [0.2, 0.25) is 0 Å². The third kappa shape index (κ3) is 4.46. The molecule has 0 aliphatic rings. The normalized spacial score (nSPS) is 11.8. The summed E-state index contributed by atoms with van der Waals surface area (Å²) >= 11 is 0. The molecule has 26 heavy (non-hydrogen) atoms. The molecule has 0 fully saturated rings. The van der Waals surface area contributed by atoms with Gasteiger partial charge in [0.15, 0.2) is 11.5 Å². The van der Waals surface area contributed by atoms with Gasteiger partial charge in [-0.2, -0.15) is 0 Å². The fourth-order valence-electron chi connectivity index (χ4n) is 2.67. The minimum Gasteiger partial charge on any atom is -0.495 e. The highest BCUT2D eigenvalue weighted by Crippen LogP contribution is 2.31. The third-order valence-electron chi connectivity index (χ3n) is 4.31. The van der Waals surface area contributed by atoms with Crippen LogP contribution in [0, 0.1) is 0 Å². The molecular formula is C20H26N2O4. The maximum Gasteiger partial charge on any atom is 0.241 e. The number of ether oxygens (including phenoxy) is 3. The van der Waals surface area contributed by atoms with Crippen molar-refractivity contribution < 1.29 is 19.0 Å². The van der Waals surface area contributed by atoms with Crippen LogP contribution in [0.15, 0.2) is 42.5 Å². The van der Waals surface area contributed by atoms with Crippen molar-refractivity contribution >= 4 is 11.6 Å². The minimum atomic E-state index is -0.351. The van der Waals surface area contributed by atoms with E-state index < -0.39 is 0 Å². The molecule has 0 radical (unpaired) electrons. The number of anilines is 1. The lowest BCUT2D eigenvalue weighted by Crippen LogP contribution is -2.39. The topological polar surface area (TPSA) is 60.0 Å². The Kier molecular flexibility index (Phi) is 6.86. The largest absolute Gasteiger partial charge is 0.495 e. The number of nitrogens with zero attached hydrogens (tertiary/aromatic N) is 1. The van der Waals surface area contributed by atoms with Crippen LogP contribution in [0.25, 0.3) is 0 Å². The standard InChI is InChI=1S/C20H26N2O4/c1-14(20(23)21-16-10-6-7-11-17(16)24-3)22(2)13-15-9-8-12-18(25-4)19(15)26-5/h6-12,14H,13H2,1-5H3,(H,21,23)/t14-/m1/s1. The van der Waals surface area contributed by atoms with E-state index in [2.05, 4.69) is 5.32 Å². The molecule has 6 heteroatoms. The number of nitrogens with one attached hydrogen (secondary N) is 1. The van der Waals surface area contributed by atoms with E-state index in [0.29, 0.717) is 29.5 Å². The van der Waals surface area contributed by atoms with Crippen molar-refractivity contribution in [3.63, 3.8) is 0 Å². The SMILES string of the molecule is COc1ccccc1NC(=O)[C@@H](C)N(C)Cc1cccc(OC)c1OC. The molecule has 2 rings (SSSR count). The van der Waals surface area contributed by atoms with Crippen LogP contribution in [0.1, 0.15) is 12.5 Å². The van der Waals surface area contributed by atoms with Gasteiger partial charge in [0, 0.05) is 12.1 Å². The van der Waals surface area contributed by atoms with Gasteiger partial charge in [0.05, 0.1) is 33.1 Å². The Balaban J connectivity index is 2.10. The monoisotopic (exact) mass is 358 g/mol. The molecule has 140 valence electrons. The average Bonchev–Trinajstić information content (AvgIpc) is 2.67. The lowest BCUT2D eigenvalue weighted by Gasteiger charge is -2.25. The lowest BCUT2D eigenvalue weighted by atomic mass is 10.1. The zero-order chi connectivity index (χ0) is 19.1. The third-order valence-corrected chi connectivity index (χ3v) is 4.31. The second-order valence-electron chi connectivity index (χ2n) is 5.93. The molecule has 0 heterocycles. The van der Waals surface area contributed by atoms with E-state index in [4.69, 9.17) is 14.2 Å². The Morgan fingerprint density at radius 1 is 1.00 bits per heavy atom. The summed E-state index contributed by atoms with van der Waals surface area (Å²) in [6, 6.07) is 12.7. The van der Waals surface area contributed by atoms with Crippen LogP contribution < -0.4 is 19.5 Å². The van der Waals surface area contributed by atoms with Gasteiger partial charge in [0.1, 0.15) is 5.75 Å². The zero-order valence-electron chi connectivity index (χ0n) is 15.9. The van der Waals surface area contributed by atoms with Gasteiger partial charge in [0.25, 0.3) is 0 Å². The fraction of sp³-hybridized carbons (Fsp3) is 0.350. The van der Waals surface area contributed by atoms with Gasteiger partial charge in [-0.05, 0) is 32.2 Å². The highest BCUT2D eigenvalue weighted by Gasteiger charge is 2.21. The number of amides is 1. The summed E-state index contributed by atoms with van der Waals surface area (Å²) in [5.74, 6) is 1.87. The molecule has 6 nitrogen and oxygen atoms in total. The van der Waals surface area contributed by atoms with Crippen molar-refractivity contribution in [3.8, 4) is 17.2 Å². The van der Waals surface area contributed by atoms with Crippen LogP contribution in [0.3, 0.4) is 0 Å². The molecule has 2 aromatic rings. The van der Waals surface area contributed by atoms with E-state index >= 15 is 0 Å². The van der Waals surface area contributed by atoms with Crippen LogP contribution in [-0.4, -0.2) is 45.2 Å². The van der Waals surface area contributed by atoms with Crippen molar-refractivity contribution in [3.05, 3.63) is 48.0 Å². The molecule has 0 aliphatic carbocycles. The Hall–Kier alpha value is -2.73. The van der Waals surface area contributed by atoms with E-state index in [1.165, 1.54) is 0 Å². The summed E-state index contributed by atoms with van der Waals surface area (Å²) in [4.78, 5) is 14.6. The van der Waals surface area contributed by atoms with Crippen molar-refractivity contribution in [2.24, 2.45) is 0 Å². The summed E-state index contributed by atoms with van der Waals surface area (Å²) < 4.78 is 16.1. The van der Waals surface area contributed by atoms with Crippen molar-refractivity contribution in [1.82, 2.24) is 4.90 Å². The lowest BCUT2D eigenvalue weighted by molar-refractivity contribution is -0.120. The van der Waals surface area contributed by atoms with Gasteiger partial charge in [-0.15, -0.1) is 0 Å². The van der Waals surface area contributed by atoms with Crippen LogP contribution in [0.4, 0.5) is 5.69 Å². The quantitative estimate of drug-likeness (QED) is 0.785. The number of methoxy groups -OCH3 is 3. The molecule has 0 bridgehead atoms. The van der Waals surface area contributed by atoms with Gasteiger partial charge in [0.2, 0.25) is 5.91 Å². The predicted molar refractivity (Wildman–Crippen MR) is 102 cm³/mol. The Bertz CT molecular complexity index is 748. The molecular weight excluding hydrogens is 332 g/mol. The van der Waals surface area contributed by atoms with Crippen LogP contribution in [-0.2, 0) is 11.3 Å². The number of para-hydroxylation sites is 3. The molecule has 1 amide bonds. The molecule has 0 aliphatic heterocycles. The Labute approximate surface area is 154 Å². The number of carbonyl (C=O) groups is 1. The first-order valence-electron chi connectivity index (χ1n) is 8.35. The van der Waals surface area contributed by atoms with E-state index in [1.807, 2.05) is 61.3 Å². The number of benzene rings is 2. The second-order valence-corrected chi connectivity index (χ2v) is 5.93. The highest BCUT2D eigenvalue weighted by molar-refractivity contribution is 5.95. The van der Waals surface area contributed by atoms with Gasteiger partial charge >= 0.3 is 0 Å². The number of carbonyl (C=O) groups excluding carboxylic acids is 1. The second kappa shape index (κ2) is 9.10. The number of likely N-dealkylation sites (N-methyl/N-ethyl adjacent to an activating group) is 1. The highest BCUT2D eigenvalue weighted by atomic mass is 16.5. The Morgan fingerprint density at radius 3 is 2.31 bits per heavy atom. The molecule has 0 aromatic heterocycles. The van der Waals surface area contributed by atoms with Crippen LogP contribution >= 0.6 is 0 Å². The molecule has 1 N–H and O–H groups in total. The summed E-state index contributed by atoms with van der Waals surface area (Å²) in [6.45, 7) is 2.40. The summed E-state index contributed by atoms with van der Waals surface area (Å²) in [6.07, 6.45) is 0. The van der Waals surface area contributed by atoms with Gasteiger partial charge in [-0.1, -0.05) is 24.3 Å². The number of hydrogen-bond acceptors (Lipinski definition) is 5. The summed E-state index contributed by atoms with van der Waals surface area (Å²) in [7, 11) is 6.69. The Morgan fingerprint density at radius 2 is 1.65 bits per heavy atom. The molecule has 0 saturated heterocycles. The zero-order valence-corrected chi connectivity index (χ0v) is 15.9. The van der Waals surface area contributed by atoms with Crippen molar-refractivity contribution in [2.75, 3.05) is 33.7 Å². The summed E-state index contributed by atoms with van der Waals surface area (Å²) in [5, 5.41) is 2.92. The maximum absolute atomic E-state index is 12.6. The molecule has 2 aromatic carbocycles. The van der Waals surface area contributed by atoms with Gasteiger partial charge in [-0.25, -0.2) is 0 Å². The van der Waals surface area contributed by atoms with Gasteiger partial charge in [-0.3, -0.25) is 9.69 Å². The van der Waals surface area contributed by atoms with E-state index in [-0.39, 0.29) is 11.9 Å². The first-order chi connectivity index (χ1) is 12.5. The molecule has 0 saturated carbocycles. The number of rotatable bonds is 8. The van der Waals surface area contributed by atoms with E-state index in [0.717, 1.165) is 5.56 Å². The van der Waals surface area contributed by atoms with Crippen molar-refractivity contribution in [2.45, 2.75) is 19.5 Å². The average molecular weight is 358 g/mol. The maximum atomic E-state index is 12.6. The number of hydrogen-bond donors (Lipinski definition) is 1. The fourth-order valence-corrected chi connectivity index (χ4v) is 2.67. The van der Waals surface area contributed by atoms with E-state index in [9.17, 15) is 4.79 Å². The first kappa shape index (κ1) is 19.6. The minimum absolute atomic E-state index is 0.112. The predicted octanol–water partition coefficient (Wildman–Crippen LogP) is 3.17. The van der Waals surface area contributed by atoms with Crippen molar-refractivity contribution in [1.29, 1.82) is 0 Å². The van der Waals surface area contributed by atoms with Gasteiger partial charge < -0.3 is 19.5 Å². The molecule has 0 unspecified atom stereocenters.